The average molecular weight is 356 g/mol. The number of hydrogen-bond acceptors (Lipinski definition) is 6. The van der Waals surface area contributed by atoms with E-state index in [1.165, 1.54) is 17.5 Å². The molecule has 1 aromatic carbocycles. The molecule has 4 aromatic rings. The second-order valence-electron chi connectivity index (χ2n) is 6.67. The van der Waals surface area contributed by atoms with Crippen LogP contribution in [0, 0.1) is 11.3 Å². The molecule has 1 unspecified atom stereocenters. The maximum Gasteiger partial charge on any atom is 0.181 e. The summed E-state index contributed by atoms with van der Waals surface area (Å²) in [4.78, 5) is 8.49. The van der Waals surface area contributed by atoms with Crippen molar-refractivity contribution in [2.75, 3.05) is 5.32 Å². The van der Waals surface area contributed by atoms with Crippen LogP contribution in [-0.4, -0.2) is 20.2 Å². The first-order valence-corrected chi connectivity index (χ1v) is 8.84. The summed E-state index contributed by atoms with van der Waals surface area (Å²) < 4.78 is 5.38. The highest BCUT2D eigenvalue weighted by molar-refractivity contribution is 5.92. The minimum atomic E-state index is 0.173. The van der Waals surface area contributed by atoms with Gasteiger partial charge in [0, 0.05) is 5.39 Å². The van der Waals surface area contributed by atoms with Crippen LogP contribution in [0.15, 0.2) is 47.5 Å². The molecule has 1 aliphatic carbocycles. The summed E-state index contributed by atoms with van der Waals surface area (Å²) in [7, 11) is 0. The summed E-state index contributed by atoms with van der Waals surface area (Å²) in [6, 6.07) is 10.3. The summed E-state index contributed by atoms with van der Waals surface area (Å²) >= 11 is 0. The Kier molecular flexibility index (Phi) is 3.61. The number of H-pyrrole nitrogens is 1. The molecule has 0 saturated heterocycles. The van der Waals surface area contributed by atoms with E-state index in [1.54, 1.807) is 12.4 Å². The Bertz CT molecular complexity index is 1160. The number of benzene rings is 1. The van der Waals surface area contributed by atoms with Crippen molar-refractivity contribution < 1.29 is 4.42 Å². The van der Waals surface area contributed by atoms with Crippen molar-refractivity contribution in [3.8, 4) is 17.5 Å². The Labute approximate surface area is 155 Å². The summed E-state index contributed by atoms with van der Waals surface area (Å²) in [5.74, 6) is 1.40. The lowest BCUT2D eigenvalue weighted by Gasteiger charge is -2.27. The van der Waals surface area contributed by atoms with Gasteiger partial charge in [0.15, 0.2) is 12.2 Å². The van der Waals surface area contributed by atoms with E-state index in [2.05, 4.69) is 37.6 Å². The van der Waals surface area contributed by atoms with Crippen molar-refractivity contribution in [2.24, 2.45) is 0 Å². The molecule has 3 heterocycles. The monoisotopic (exact) mass is 356 g/mol. The molecule has 0 spiro atoms. The zero-order valence-electron chi connectivity index (χ0n) is 14.4. The van der Waals surface area contributed by atoms with Crippen molar-refractivity contribution in [1.29, 1.82) is 5.26 Å². The fourth-order valence-electron chi connectivity index (χ4n) is 3.73. The van der Waals surface area contributed by atoms with E-state index in [9.17, 15) is 0 Å². The van der Waals surface area contributed by atoms with Crippen LogP contribution < -0.4 is 5.32 Å². The fourth-order valence-corrected chi connectivity index (χ4v) is 3.73. The number of aryl methyl sites for hydroxylation is 1. The van der Waals surface area contributed by atoms with Gasteiger partial charge >= 0.3 is 0 Å². The highest BCUT2D eigenvalue weighted by Gasteiger charge is 2.21. The predicted octanol–water partition coefficient (Wildman–Crippen LogP) is 3.97. The number of rotatable bonds is 3. The second kappa shape index (κ2) is 6.25. The van der Waals surface area contributed by atoms with Gasteiger partial charge in [0.1, 0.15) is 11.5 Å². The molecule has 132 valence electrons. The first-order valence-electron chi connectivity index (χ1n) is 8.84. The van der Waals surface area contributed by atoms with Crippen molar-refractivity contribution in [3.05, 3.63) is 59.7 Å². The molecule has 2 N–H and O–H groups in total. The molecule has 7 nitrogen and oxygen atoms in total. The van der Waals surface area contributed by atoms with Crippen LogP contribution in [-0.2, 0) is 6.42 Å². The van der Waals surface area contributed by atoms with Gasteiger partial charge in [-0.15, -0.1) is 0 Å². The molecule has 0 amide bonds. The van der Waals surface area contributed by atoms with Gasteiger partial charge in [0.05, 0.1) is 35.6 Å². The molecule has 1 aliphatic rings. The molecule has 0 aliphatic heterocycles. The summed E-state index contributed by atoms with van der Waals surface area (Å²) in [5.41, 5.74) is 4.75. The first kappa shape index (κ1) is 15.6. The first-order chi connectivity index (χ1) is 13.3. The fraction of sp³-hybridized carbons (Fsp3) is 0.200. The summed E-state index contributed by atoms with van der Waals surface area (Å²) in [6.07, 6.45) is 7.92. The van der Waals surface area contributed by atoms with Crippen molar-refractivity contribution in [3.63, 3.8) is 0 Å². The number of fused-ring (bicyclic) bond motifs is 2. The smallest absolute Gasteiger partial charge is 0.181 e. The van der Waals surface area contributed by atoms with E-state index in [0.717, 1.165) is 41.7 Å². The molecule has 0 fully saturated rings. The van der Waals surface area contributed by atoms with Crippen LogP contribution in [0.25, 0.3) is 22.4 Å². The molecule has 0 radical (unpaired) electrons. The molecule has 1 atom stereocenters. The van der Waals surface area contributed by atoms with Crippen LogP contribution >= 0.6 is 0 Å². The standard InChI is InChI=1S/C20H16N6O/c21-8-12-4-5-14-13(6-12)2-1-3-16(14)24-19-7-15-17(9-23-19)25-26-20(15)18-10-22-11-27-18/h4-7,9-11,16H,1-3H2,(H,23,24)(H,25,26). The number of nitrogens with one attached hydrogen (secondary N) is 2. The van der Waals surface area contributed by atoms with E-state index >= 15 is 0 Å². The molecule has 3 aromatic heterocycles. The SMILES string of the molecule is N#Cc1ccc2c(c1)CCCC2Nc1cc2c(-c3cnco3)n[nH]c2cn1. The number of hydrogen-bond donors (Lipinski definition) is 2. The van der Waals surface area contributed by atoms with Crippen molar-refractivity contribution in [2.45, 2.75) is 25.3 Å². The summed E-state index contributed by atoms with van der Waals surface area (Å²) in [5, 5.41) is 20.9. The number of nitriles is 1. The highest BCUT2D eigenvalue weighted by atomic mass is 16.3. The van der Waals surface area contributed by atoms with Gasteiger partial charge in [-0.3, -0.25) is 5.10 Å². The Morgan fingerprint density at radius 2 is 2.22 bits per heavy atom. The normalized spacial score (nSPS) is 16.0. The van der Waals surface area contributed by atoms with Gasteiger partial charge in [0.2, 0.25) is 0 Å². The molecule has 5 rings (SSSR count). The third-order valence-electron chi connectivity index (χ3n) is 5.02. The third kappa shape index (κ3) is 2.72. The van der Waals surface area contributed by atoms with Crippen molar-refractivity contribution in [1.82, 2.24) is 20.2 Å². The summed E-state index contributed by atoms with van der Waals surface area (Å²) in [6.45, 7) is 0. The number of nitrogens with zero attached hydrogens (tertiary/aromatic N) is 4. The van der Waals surface area contributed by atoms with E-state index in [4.69, 9.17) is 9.68 Å². The molecular formula is C20H16N6O. The van der Waals surface area contributed by atoms with Crippen LogP contribution in [0.3, 0.4) is 0 Å². The molecule has 0 saturated carbocycles. The minimum Gasteiger partial charge on any atom is -0.442 e. The number of pyridine rings is 1. The quantitative estimate of drug-likeness (QED) is 0.575. The maximum atomic E-state index is 9.13. The second-order valence-corrected chi connectivity index (χ2v) is 6.67. The topological polar surface area (TPSA) is 103 Å². The maximum absolute atomic E-state index is 9.13. The largest absolute Gasteiger partial charge is 0.442 e. The lowest BCUT2D eigenvalue weighted by atomic mass is 9.86. The number of aromatic amines is 1. The molecule has 27 heavy (non-hydrogen) atoms. The third-order valence-corrected chi connectivity index (χ3v) is 5.02. The van der Waals surface area contributed by atoms with Gasteiger partial charge in [-0.05, 0) is 48.6 Å². The Morgan fingerprint density at radius 3 is 3.07 bits per heavy atom. The lowest BCUT2D eigenvalue weighted by Crippen LogP contribution is -2.18. The average Bonchev–Trinajstić information content (AvgIpc) is 3.37. The Morgan fingerprint density at radius 1 is 1.26 bits per heavy atom. The zero-order chi connectivity index (χ0) is 18.2. The van der Waals surface area contributed by atoms with Crippen LogP contribution in [0.4, 0.5) is 5.82 Å². The van der Waals surface area contributed by atoms with E-state index in [1.807, 2.05) is 18.2 Å². The van der Waals surface area contributed by atoms with E-state index in [0.29, 0.717) is 11.3 Å². The number of anilines is 1. The molecule has 0 bridgehead atoms. The minimum absolute atomic E-state index is 0.173. The van der Waals surface area contributed by atoms with Crippen LogP contribution in [0.2, 0.25) is 0 Å². The van der Waals surface area contributed by atoms with Crippen LogP contribution in [0.5, 0.6) is 0 Å². The number of aromatic nitrogens is 4. The van der Waals surface area contributed by atoms with Crippen LogP contribution in [0.1, 0.15) is 35.6 Å². The van der Waals surface area contributed by atoms with E-state index in [-0.39, 0.29) is 6.04 Å². The Balaban J connectivity index is 1.49. The lowest BCUT2D eigenvalue weighted by molar-refractivity contribution is 0.570. The van der Waals surface area contributed by atoms with Gasteiger partial charge in [0.25, 0.3) is 0 Å². The van der Waals surface area contributed by atoms with Crippen molar-refractivity contribution >= 4 is 16.7 Å². The molecular weight excluding hydrogens is 340 g/mol. The van der Waals surface area contributed by atoms with E-state index < -0.39 is 0 Å². The van der Waals surface area contributed by atoms with Gasteiger partial charge in [-0.1, -0.05) is 6.07 Å². The molecule has 7 heteroatoms. The van der Waals surface area contributed by atoms with Gasteiger partial charge in [-0.2, -0.15) is 10.4 Å². The van der Waals surface area contributed by atoms with Gasteiger partial charge in [-0.25, -0.2) is 9.97 Å². The predicted molar refractivity (Wildman–Crippen MR) is 99.8 cm³/mol. The van der Waals surface area contributed by atoms with Gasteiger partial charge < -0.3 is 9.73 Å². The zero-order valence-corrected chi connectivity index (χ0v) is 14.4. The Hall–Kier alpha value is -3.66. The highest BCUT2D eigenvalue weighted by Crippen LogP contribution is 2.34. The number of oxazole rings is 1.